The number of carboxylic acids is 1. The fraction of sp³-hybridized carbons (Fsp3) is 0.875. The van der Waals surface area contributed by atoms with Crippen molar-refractivity contribution in [1.29, 1.82) is 0 Å². The Morgan fingerprint density at radius 3 is 2.92 bits per heavy atom. The molecular formula is C8H14BrNO2. The molecule has 1 N–H and O–H groups in total. The van der Waals surface area contributed by atoms with Gasteiger partial charge in [-0.15, -0.1) is 0 Å². The smallest absolute Gasteiger partial charge is 0.317 e. The van der Waals surface area contributed by atoms with Gasteiger partial charge in [0, 0.05) is 11.4 Å². The van der Waals surface area contributed by atoms with Crippen molar-refractivity contribution in [2.75, 3.05) is 18.4 Å². The Hall–Kier alpha value is -0.0900. The van der Waals surface area contributed by atoms with E-state index in [2.05, 4.69) is 15.9 Å². The van der Waals surface area contributed by atoms with Crippen LogP contribution in [0, 0.1) is 0 Å². The number of hydrogen-bond donors (Lipinski definition) is 1. The quantitative estimate of drug-likeness (QED) is 0.751. The maximum absolute atomic E-state index is 10.5. The molecule has 0 unspecified atom stereocenters. The minimum Gasteiger partial charge on any atom is -0.480 e. The average molecular weight is 236 g/mol. The average Bonchev–Trinajstić information content (AvgIpc) is 2.04. The van der Waals surface area contributed by atoms with Crippen LogP contribution in [0.25, 0.3) is 0 Å². The minimum absolute atomic E-state index is 0.191. The molecule has 1 saturated heterocycles. The molecule has 1 aliphatic rings. The standard InChI is InChI=1S/C8H14BrNO2/c9-5-7-3-1-2-4-10(7)6-8(11)12/h7H,1-6H2,(H,11,12)/t7-/m0/s1. The summed E-state index contributed by atoms with van der Waals surface area (Å²) in [7, 11) is 0. The Morgan fingerprint density at radius 2 is 2.33 bits per heavy atom. The first-order valence-electron chi connectivity index (χ1n) is 4.26. The fourth-order valence-corrected chi connectivity index (χ4v) is 2.35. The van der Waals surface area contributed by atoms with Crippen LogP contribution in [0.2, 0.25) is 0 Å². The molecule has 1 aliphatic heterocycles. The molecule has 4 heteroatoms. The molecule has 0 aromatic rings. The van der Waals surface area contributed by atoms with Gasteiger partial charge in [0.15, 0.2) is 0 Å². The largest absolute Gasteiger partial charge is 0.480 e. The third kappa shape index (κ3) is 2.75. The Labute approximate surface area is 80.9 Å². The van der Waals surface area contributed by atoms with Crippen LogP contribution in [0.3, 0.4) is 0 Å². The van der Waals surface area contributed by atoms with Crippen molar-refractivity contribution < 1.29 is 9.90 Å². The molecule has 0 aromatic carbocycles. The molecule has 0 radical (unpaired) electrons. The van der Waals surface area contributed by atoms with E-state index < -0.39 is 5.97 Å². The van der Waals surface area contributed by atoms with Crippen molar-refractivity contribution in [1.82, 2.24) is 4.90 Å². The maximum atomic E-state index is 10.5. The van der Waals surface area contributed by atoms with Gasteiger partial charge in [0.1, 0.15) is 0 Å². The Kier molecular flexibility index (Phi) is 4.01. The van der Waals surface area contributed by atoms with Gasteiger partial charge >= 0.3 is 5.97 Å². The Morgan fingerprint density at radius 1 is 1.58 bits per heavy atom. The molecule has 1 atom stereocenters. The number of piperidine rings is 1. The summed E-state index contributed by atoms with van der Waals surface area (Å²) in [6.45, 7) is 1.12. The number of nitrogens with zero attached hydrogens (tertiary/aromatic N) is 1. The third-order valence-electron chi connectivity index (χ3n) is 2.27. The Balaban J connectivity index is 2.41. The molecule has 0 spiro atoms. The third-order valence-corrected chi connectivity index (χ3v) is 3.01. The molecular weight excluding hydrogens is 222 g/mol. The van der Waals surface area contributed by atoms with E-state index in [1.807, 2.05) is 4.90 Å². The normalized spacial score (nSPS) is 25.6. The van der Waals surface area contributed by atoms with Gasteiger partial charge in [-0.3, -0.25) is 9.69 Å². The van der Waals surface area contributed by atoms with Crippen LogP contribution in [0.1, 0.15) is 19.3 Å². The van der Waals surface area contributed by atoms with E-state index >= 15 is 0 Å². The van der Waals surface area contributed by atoms with E-state index in [9.17, 15) is 4.79 Å². The number of carboxylic acid groups (broad SMARTS) is 1. The molecule has 1 rings (SSSR count). The summed E-state index contributed by atoms with van der Waals surface area (Å²) in [5, 5.41) is 9.51. The maximum Gasteiger partial charge on any atom is 0.317 e. The van der Waals surface area contributed by atoms with Gasteiger partial charge in [-0.2, -0.15) is 0 Å². The predicted octanol–water partition coefficient (Wildman–Crippen LogP) is 1.32. The first kappa shape index (κ1) is 9.99. The SMILES string of the molecule is O=C(O)CN1CCCC[C@H]1CBr. The topological polar surface area (TPSA) is 40.5 Å². The second kappa shape index (κ2) is 4.82. The molecule has 1 fully saturated rings. The van der Waals surface area contributed by atoms with Crippen LogP contribution >= 0.6 is 15.9 Å². The first-order chi connectivity index (χ1) is 5.74. The van der Waals surface area contributed by atoms with Gasteiger partial charge in [0.25, 0.3) is 0 Å². The number of rotatable bonds is 3. The summed E-state index contributed by atoms with van der Waals surface area (Å²) in [6.07, 6.45) is 3.49. The van der Waals surface area contributed by atoms with Gasteiger partial charge in [0.2, 0.25) is 0 Å². The van der Waals surface area contributed by atoms with Crippen LogP contribution in [-0.4, -0.2) is 40.4 Å². The molecule has 0 aromatic heterocycles. The summed E-state index contributed by atoms with van der Waals surface area (Å²) in [5.41, 5.74) is 0. The molecule has 0 amide bonds. The van der Waals surface area contributed by atoms with E-state index in [4.69, 9.17) is 5.11 Å². The summed E-state index contributed by atoms with van der Waals surface area (Å²) >= 11 is 3.41. The number of likely N-dealkylation sites (tertiary alicyclic amines) is 1. The number of alkyl halides is 1. The molecule has 70 valence electrons. The monoisotopic (exact) mass is 235 g/mol. The van der Waals surface area contributed by atoms with E-state index in [0.717, 1.165) is 24.7 Å². The van der Waals surface area contributed by atoms with Crippen molar-refractivity contribution in [3.63, 3.8) is 0 Å². The number of hydrogen-bond acceptors (Lipinski definition) is 2. The highest BCUT2D eigenvalue weighted by Crippen LogP contribution is 2.17. The summed E-state index contributed by atoms with van der Waals surface area (Å²) in [4.78, 5) is 12.5. The van der Waals surface area contributed by atoms with Crippen molar-refractivity contribution in [2.45, 2.75) is 25.3 Å². The van der Waals surface area contributed by atoms with E-state index in [-0.39, 0.29) is 6.54 Å². The Bertz CT molecular complexity index is 163. The van der Waals surface area contributed by atoms with Crippen LogP contribution in [0.4, 0.5) is 0 Å². The van der Waals surface area contributed by atoms with Crippen molar-refractivity contribution in [3.05, 3.63) is 0 Å². The van der Waals surface area contributed by atoms with Crippen molar-refractivity contribution in [2.24, 2.45) is 0 Å². The van der Waals surface area contributed by atoms with E-state index in [1.165, 1.54) is 6.42 Å². The highest BCUT2D eigenvalue weighted by atomic mass is 79.9. The summed E-state index contributed by atoms with van der Waals surface area (Å²) < 4.78 is 0. The van der Waals surface area contributed by atoms with Gasteiger partial charge in [-0.1, -0.05) is 22.4 Å². The van der Waals surface area contributed by atoms with Crippen LogP contribution in [0.5, 0.6) is 0 Å². The van der Waals surface area contributed by atoms with Crippen LogP contribution in [-0.2, 0) is 4.79 Å². The molecule has 1 heterocycles. The van der Waals surface area contributed by atoms with Crippen molar-refractivity contribution >= 4 is 21.9 Å². The highest BCUT2D eigenvalue weighted by Gasteiger charge is 2.22. The molecule has 3 nitrogen and oxygen atoms in total. The predicted molar refractivity (Wildman–Crippen MR) is 50.6 cm³/mol. The molecule has 12 heavy (non-hydrogen) atoms. The highest BCUT2D eigenvalue weighted by molar-refractivity contribution is 9.09. The zero-order chi connectivity index (χ0) is 8.97. The van der Waals surface area contributed by atoms with Crippen LogP contribution in [0.15, 0.2) is 0 Å². The number of halogens is 1. The lowest BCUT2D eigenvalue weighted by atomic mass is 10.0. The van der Waals surface area contributed by atoms with Crippen molar-refractivity contribution in [3.8, 4) is 0 Å². The van der Waals surface area contributed by atoms with E-state index in [1.54, 1.807) is 0 Å². The number of carbonyl (C=O) groups is 1. The zero-order valence-electron chi connectivity index (χ0n) is 7.00. The fourth-order valence-electron chi connectivity index (χ4n) is 1.62. The molecule has 0 saturated carbocycles. The minimum atomic E-state index is -0.720. The lowest BCUT2D eigenvalue weighted by molar-refractivity contribution is -0.139. The zero-order valence-corrected chi connectivity index (χ0v) is 8.59. The summed E-state index contributed by atoms with van der Waals surface area (Å²) in [5.74, 6) is -0.720. The lowest BCUT2D eigenvalue weighted by Gasteiger charge is -2.33. The first-order valence-corrected chi connectivity index (χ1v) is 5.38. The van der Waals surface area contributed by atoms with Gasteiger partial charge in [-0.05, 0) is 19.4 Å². The second-order valence-corrected chi connectivity index (χ2v) is 3.82. The van der Waals surface area contributed by atoms with E-state index in [0.29, 0.717) is 6.04 Å². The second-order valence-electron chi connectivity index (χ2n) is 3.17. The van der Waals surface area contributed by atoms with Gasteiger partial charge in [-0.25, -0.2) is 0 Å². The summed E-state index contributed by atoms with van der Waals surface area (Å²) in [6, 6.07) is 0.426. The van der Waals surface area contributed by atoms with Gasteiger partial charge < -0.3 is 5.11 Å². The number of aliphatic carboxylic acids is 1. The molecule has 0 bridgehead atoms. The van der Waals surface area contributed by atoms with Gasteiger partial charge in [0.05, 0.1) is 6.54 Å². The lowest BCUT2D eigenvalue weighted by Crippen LogP contribution is -2.43. The van der Waals surface area contributed by atoms with Crippen LogP contribution < -0.4 is 0 Å². The molecule has 0 aliphatic carbocycles.